The van der Waals surface area contributed by atoms with Gasteiger partial charge in [0.2, 0.25) is 5.91 Å². The molecule has 1 fully saturated rings. The van der Waals surface area contributed by atoms with Crippen LogP contribution in [0.1, 0.15) is 24.0 Å². The molecular formula is C16H20F3NO2. The predicted molar refractivity (Wildman–Crippen MR) is 76.5 cm³/mol. The fourth-order valence-corrected chi connectivity index (χ4v) is 2.71. The van der Waals surface area contributed by atoms with Gasteiger partial charge in [-0.3, -0.25) is 4.79 Å². The van der Waals surface area contributed by atoms with Crippen LogP contribution in [0.5, 0.6) is 0 Å². The summed E-state index contributed by atoms with van der Waals surface area (Å²) in [7, 11) is 0. The lowest BCUT2D eigenvalue weighted by atomic mass is 10.0. The van der Waals surface area contributed by atoms with Crippen LogP contribution >= 0.6 is 0 Å². The molecule has 1 heterocycles. The van der Waals surface area contributed by atoms with Gasteiger partial charge in [0.15, 0.2) is 0 Å². The summed E-state index contributed by atoms with van der Waals surface area (Å²) in [6, 6.07) is 6.89. The van der Waals surface area contributed by atoms with Crippen LogP contribution in [0.2, 0.25) is 0 Å². The second-order valence-electron chi connectivity index (χ2n) is 5.65. The summed E-state index contributed by atoms with van der Waals surface area (Å²) < 4.78 is 43.6. The van der Waals surface area contributed by atoms with Crippen LogP contribution in [0.4, 0.5) is 13.2 Å². The number of hydrogen-bond donors (Lipinski definition) is 0. The summed E-state index contributed by atoms with van der Waals surface area (Å²) in [4.78, 5) is 13.4. The minimum absolute atomic E-state index is 0.00484. The summed E-state index contributed by atoms with van der Waals surface area (Å²) in [6.45, 7) is 1.50. The van der Waals surface area contributed by atoms with E-state index in [9.17, 15) is 18.0 Å². The summed E-state index contributed by atoms with van der Waals surface area (Å²) in [5.74, 6) is -0.477. The van der Waals surface area contributed by atoms with E-state index < -0.39 is 24.7 Å². The monoisotopic (exact) mass is 315 g/mol. The van der Waals surface area contributed by atoms with Crippen LogP contribution in [-0.2, 0) is 16.0 Å². The van der Waals surface area contributed by atoms with Gasteiger partial charge in [-0.2, -0.15) is 13.2 Å². The molecule has 0 atom stereocenters. The summed E-state index contributed by atoms with van der Waals surface area (Å²) in [6.07, 6.45) is -3.49. The van der Waals surface area contributed by atoms with E-state index in [-0.39, 0.29) is 6.42 Å². The molecule has 0 aromatic heterocycles. The van der Waals surface area contributed by atoms with Gasteiger partial charge in [-0.1, -0.05) is 29.8 Å². The van der Waals surface area contributed by atoms with E-state index >= 15 is 0 Å². The van der Waals surface area contributed by atoms with E-state index in [1.54, 1.807) is 12.1 Å². The van der Waals surface area contributed by atoms with Gasteiger partial charge in [-0.05, 0) is 25.3 Å². The maximum Gasteiger partial charge on any atom is 0.406 e. The number of amides is 1. The summed E-state index contributed by atoms with van der Waals surface area (Å²) in [5, 5.41) is 0. The Labute approximate surface area is 128 Å². The highest BCUT2D eigenvalue weighted by molar-refractivity contribution is 5.79. The van der Waals surface area contributed by atoms with E-state index in [4.69, 9.17) is 4.74 Å². The maximum absolute atomic E-state index is 12.8. The van der Waals surface area contributed by atoms with E-state index in [2.05, 4.69) is 0 Å². The van der Waals surface area contributed by atoms with Crippen molar-refractivity contribution in [1.29, 1.82) is 0 Å². The Bertz CT molecular complexity index is 510. The first kappa shape index (κ1) is 16.8. The van der Waals surface area contributed by atoms with E-state index in [0.717, 1.165) is 16.0 Å². The molecular weight excluding hydrogens is 295 g/mol. The SMILES string of the molecule is Cc1cccc(CC(=O)N(CC(F)(F)F)C2CCOCC2)c1. The number of alkyl halides is 3. The number of hydrogen-bond acceptors (Lipinski definition) is 2. The second-order valence-corrected chi connectivity index (χ2v) is 5.65. The molecule has 1 saturated heterocycles. The van der Waals surface area contributed by atoms with Gasteiger partial charge in [0.05, 0.1) is 6.42 Å². The van der Waals surface area contributed by atoms with Crippen LogP contribution < -0.4 is 0 Å². The summed E-state index contributed by atoms with van der Waals surface area (Å²) >= 11 is 0. The normalized spacial score (nSPS) is 16.5. The van der Waals surface area contributed by atoms with Crippen molar-refractivity contribution in [3.05, 3.63) is 35.4 Å². The van der Waals surface area contributed by atoms with Gasteiger partial charge in [-0.15, -0.1) is 0 Å². The third kappa shape index (κ3) is 5.02. The molecule has 0 N–H and O–H groups in total. The zero-order valence-electron chi connectivity index (χ0n) is 12.5. The lowest BCUT2D eigenvalue weighted by Gasteiger charge is -2.35. The zero-order valence-corrected chi connectivity index (χ0v) is 12.5. The smallest absolute Gasteiger partial charge is 0.381 e. The first-order valence-electron chi connectivity index (χ1n) is 7.34. The third-order valence-corrected chi connectivity index (χ3v) is 3.74. The topological polar surface area (TPSA) is 29.5 Å². The van der Waals surface area contributed by atoms with Crippen molar-refractivity contribution in [2.75, 3.05) is 19.8 Å². The number of nitrogens with zero attached hydrogens (tertiary/aromatic N) is 1. The third-order valence-electron chi connectivity index (χ3n) is 3.74. The van der Waals surface area contributed by atoms with E-state index in [0.29, 0.717) is 26.1 Å². The lowest BCUT2D eigenvalue weighted by Crippen LogP contribution is -2.48. The number of carbonyl (C=O) groups excluding carboxylic acids is 1. The molecule has 1 aliphatic heterocycles. The molecule has 1 amide bonds. The average molecular weight is 315 g/mol. The van der Waals surface area contributed by atoms with Gasteiger partial charge in [0.25, 0.3) is 0 Å². The highest BCUT2D eigenvalue weighted by Crippen LogP contribution is 2.23. The second kappa shape index (κ2) is 7.13. The molecule has 6 heteroatoms. The molecule has 3 nitrogen and oxygen atoms in total. The number of benzene rings is 1. The first-order valence-corrected chi connectivity index (χ1v) is 7.34. The molecule has 22 heavy (non-hydrogen) atoms. The van der Waals surface area contributed by atoms with Crippen LogP contribution in [0.3, 0.4) is 0 Å². The van der Waals surface area contributed by atoms with Gasteiger partial charge in [0, 0.05) is 19.3 Å². The standard InChI is InChI=1S/C16H20F3NO2/c1-12-3-2-4-13(9-12)10-15(21)20(11-16(17,18)19)14-5-7-22-8-6-14/h2-4,9,14H,5-8,10-11H2,1H3. The molecule has 0 spiro atoms. The highest BCUT2D eigenvalue weighted by Gasteiger charge is 2.36. The van der Waals surface area contributed by atoms with E-state index in [1.165, 1.54) is 0 Å². The Morgan fingerprint density at radius 3 is 2.59 bits per heavy atom. The highest BCUT2D eigenvalue weighted by atomic mass is 19.4. The molecule has 0 unspecified atom stereocenters. The van der Waals surface area contributed by atoms with Crippen molar-refractivity contribution in [1.82, 2.24) is 4.90 Å². The van der Waals surface area contributed by atoms with E-state index in [1.807, 2.05) is 19.1 Å². The quantitative estimate of drug-likeness (QED) is 0.854. The maximum atomic E-state index is 12.8. The first-order chi connectivity index (χ1) is 10.3. The molecule has 1 aliphatic rings. The number of ether oxygens (including phenoxy) is 1. The van der Waals surface area contributed by atoms with Crippen molar-refractivity contribution < 1.29 is 22.7 Å². The molecule has 2 rings (SSSR count). The number of aryl methyl sites for hydroxylation is 1. The Hall–Kier alpha value is -1.56. The fourth-order valence-electron chi connectivity index (χ4n) is 2.71. The molecule has 0 bridgehead atoms. The Morgan fingerprint density at radius 2 is 2.00 bits per heavy atom. The van der Waals surface area contributed by atoms with Gasteiger partial charge in [0.1, 0.15) is 6.54 Å². The van der Waals surface area contributed by atoms with Crippen molar-refractivity contribution in [3.63, 3.8) is 0 Å². The number of carbonyl (C=O) groups is 1. The molecule has 0 aliphatic carbocycles. The van der Waals surface area contributed by atoms with Gasteiger partial charge >= 0.3 is 6.18 Å². The number of halogens is 3. The number of rotatable bonds is 4. The minimum Gasteiger partial charge on any atom is -0.381 e. The van der Waals surface area contributed by atoms with Crippen molar-refractivity contribution in [3.8, 4) is 0 Å². The predicted octanol–water partition coefficient (Wildman–Crippen LogP) is 3.11. The van der Waals surface area contributed by atoms with Gasteiger partial charge in [-0.25, -0.2) is 0 Å². The Kier molecular flexibility index (Phi) is 5.45. The zero-order chi connectivity index (χ0) is 16.2. The molecule has 0 saturated carbocycles. The summed E-state index contributed by atoms with van der Waals surface area (Å²) in [5.41, 5.74) is 1.72. The Balaban J connectivity index is 2.10. The van der Waals surface area contributed by atoms with Crippen molar-refractivity contribution in [2.24, 2.45) is 0 Å². The van der Waals surface area contributed by atoms with Crippen LogP contribution in [-0.4, -0.2) is 42.8 Å². The van der Waals surface area contributed by atoms with Crippen molar-refractivity contribution in [2.45, 2.75) is 38.4 Å². The molecule has 122 valence electrons. The Morgan fingerprint density at radius 1 is 1.32 bits per heavy atom. The van der Waals surface area contributed by atoms with Crippen LogP contribution in [0.15, 0.2) is 24.3 Å². The fraction of sp³-hybridized carbons (Fsp3) is 0.562. The largest absolute Gasteiger partial charge is 0.406 e. The molecule has 1 aromatic carbocycles. The van der Waals surface area contributed by atoms with Gasteiger partial charge < -0.3 is 9.64 Å². The molecule has 0 radical (unpaired) electrons. The van der Waals surface area contributed by atoms with Crippen molar-refractivity contribution >= 4 is 5.91 Å². The lowest BCUT2D eigenvalue weighted by molar-refractivity contribution is -0.168. The average Bonchev–Trinajstić information content (AvgIpc) is 2.45. The van der Waals surface area contributed by atoms with Crippen LogP contribution in [0.25, 0.3) is 0 Å². The minimum atomic E-state index is -4.39. The molecule has 1 aromatic rings. The van der Waals surface area contributed by atoms with Crippen LogP contribution in [0, 0.1) is 6.92 Å².